The van der Waals surface area contributed by atoms with Gasteiger partial charge in [-0.15, -0.1) is 0 Å². The molecule has 2 bridgehead atoms. The van der Waals surface area contributed by atoms with Gasteiger partial charge < -0.3 is 19.8 Å². The summed E-state index contributed by atoms with van der Waals surface area (Å²) in [5, 5.41) is 21.4. The molecule has 0 aliphatic heterocycles. The van der Waals surface area contributed by atoms with Gasteiger partial charge in [-0.3, -0.25) is 0 Å². The second-order valence-electron chi connectivity index (χ2n) is 4.02. The first kappa shape index (κ1) is 17.2. The maximum atomic E-state index is 10.7. The van der Waals surface area contributed by atoms with Crippen LogP contribution in [0.3, 0.4) is 0 Å². The second kappa shape index (κ2) is 6.96. The number of carbonyl (C=O) groups is 2. The van der Waals surface area contributed by atoms with Gasteiger partial charge >= 0.3 is 103 Å². The van der Waals surface area contributed by atoms with E-state index in [9.17, 15) is 19.8 Å². The van der Waals surface area contributed by atoms with Crippen molar-refractivity contribution in [3.8, 4) is 0 Å². The van der Waals surface area contributed by atoms with Crippen LogP contribution in [0.1, 0.15) is 19.3 Å². The molecule has 2 saturated carbocycles. The topological polar surface area (TPSA) is 80.3 Å². The fraction of sp³-hybridized carbons (Fsp3) is 0.778. The van der Waals surface area contributed by atoms with Gasteiger partial charge in [-0.25, -0.2) is 0 Å². The summed E-state index contributed by atoms with van der Waals surface area (Å²) in [6.07, 6.45) is 2.37. The standard InChI is InChI=1S/C9H12O4.2K/c10-8(11)6-4-1-2-5(3-4)7(6)9(12)13;;/h4-7H,1-3H2,(H,10,11)(H,12,13);;/q;2*+1/p-2. The van der Waals surface area contributed by atoms with Crippen molar-refractivity contribution in [2.75, 3.05) is 0 Å². The number of rotatable bonds is 2. The van der Waals surface area contributed by atoms with E-state index in [-0.39, 0.29) is 115 Å². The van der Waals surface area contributed by atoms with Gasteiger partial charge in [0.2, 0.25) is 0 Å². The SMILES string of the molecule is O=C([O-])C1C2CCC(C2)C1C(=O)[O-].[K+].[K+]. The molecule has 2 fully saturated rings. The Bertz CT molecular complexity index is 243. The van der Waals surface area contributed by atoms with Crippen molar-refractivity contribution < 1.29 is 123 Å². The van der Waals surface area contributed by atoms with Crippen LogP contribution in [-0.4, -0.2) is 11.9 Å². The molecule has 4 unspecified atom stereocenters. The van der Waals surface area contributed by atoms with Gasteiger partial charge in [0.25, 0.3) is 0 Å². The van der Waals surface area contributed by atoms with Crippen LogP contribution in [0.4, 0.5) is 0 Å². The number of carboxylic acid groups (broad SMARTS) is 2. The molecule has 0 aromatic carbocycles. The first-order valence-electron chi connectivity index (χ1n) is 4.53. The maximum Gasteiger partial charge on any atom is 1.00 e. The summed E-state index contributed by atoms with van der Waals surface area (Å²) in [6, 6.07) is 0. The van der Waals surface area contributed by atoms with E-state index in [1.54, 1.807) is 0 Å². The normalized spacial score (nSPS) is 36.5. The van der Waals surface area contributed by atoms with Crippen LogP contribution in [0, 0.1) is 23.7 Å². The van der Waals surface area contributed by atoms with Crippen LogP contribution in [0.5, 0.6) is 0 Å². The third-order valence-corrected chi connectivity index (χ3v) is 3.46. The van der Waals surface area contributed by atoms with E-state index >= 15 is 0 Å². The van der Waals surface area contributed by atoms with Crippen molar-refractivity contribution in [2.24, 2.45) is 23.7 Å². The van der Waals surface area contributed by atoms with Crippen molar-refractivity contribution in [3.05, 3.63) is 0 Å². The van der Waals surface area contributed by atoms with Gasteiger partial charge in [0.15, 0.2) is 0 Å². The third kappa shape index (κ3) is 3.36. The second-order valence-corrected chi connectivity index (χ2v) is 4.02. The largest absolute Gasteiger partial charge is 1.00 e. The van der Waals surface area contributed by atoms with Crippen molar-refractivity contribution in [3.63, 3.8) is 0 Å². The van der Waals surface area contributed by atoms with E-state index in [1.807, 2.05) is 0 Å². The Kier molecular flexibility index (Phi) is 7.99. The van der Waals surface area contributed by atoms with Crippen molar-refractivity contribution in [2.45, 2.75) is 19.3 Å². The molecule has 0 spiro atoms. The van der Waals surface area contributed by atoms with Gasteiger partial charge in [-0.2, -0.15) is 0 Å². The van der Waals surface area contributed by atoms with Gasteiger partial charge in [0.1, 0.15) is 0 Å². The fourth-order valence-electron chi connectivity index (χ4n) is 2.97. The van der Waals surface area contributed by atoms with E-state index in [1.165, 1.54) is 0 Å². The quantitative estimate of drug-likeness (QED) is 0.462. The number of aliphatic carboxylic acids is 2. The van der Waals surface area contributed by atoms with E-state index < -0.39 is 23.8 Å². The van der Waals surface area contributed by atoms with Crippen LogP contribution < -0.4 is 113 Å². The van der Waals surface area contributed by atoms with Gasteiger partial charge in [-0.1, -0.05) is 0 Å². The van der Waals surface area contributed by atoms with E-state index in [0.29, 0.717) is 0 Å². The minimum atomic E-state index is -1.22. The van der Waals surface area contributed by atoms with Crippen molar-refractivity contribution in [1.29, 1.82) is 0 Å². The van der Waals surface area contributed by atoms with E-state index in [0.717, 1.165) is 19.3 Å². The Labute approximate surface area is 173 Å². The zero-order chi connectivity index (χ0) is 9.59. The molecule has 2 aliphatic carbocycles. The molecule has 0 aromatic heterocycles. The average molecular weight is 260 g/mol. The summed E-state index contributed by atoms with van der Waals surface area (Å²) in [7, 11) is 0. The molecular weight excluding hydrogens is 250 g/mol. The van der Waals surface area contributed by atoms with Crippen LogP contribution in [0.25, 0.3) is 0 Å². The van der Waals surface area contributed by atoms with Crippen LogP contribution in [0.15, 0.2) is 0 Å². The van der Waals surface area contributed by atoms with Crippen molar-refractivity contribution >= 4 is 11.9 Å². The number of hydrogen-bond donors (Lipinski definition) is 0. The molecule has 2 rings (SSSR count). The number of carboxylic acids is 2. The molecule has 15 heavy (non-hydrogen) atoms. The molecular formula is C9H10K2O4. The minimum absolute atomic E-state index is 0. The molecule has 0 amide bonds. The minimum Gasteiger partial charge on any atom is -0.550 e. The monoisotopic (exact) mass is 260 g/mol. The number of carbonyl (C=O) groups excluding carboxylic acids is 2. The third-order valence-electron chi connectivity index (χ3n) is 3.46. The predicted octanol–water partition coefficient (Wildman–Crippen LogP) is -7.84. The number of hydrogen-bond acceptors (Lipinski definition) is 4. The Morgan fingerprint density at radius 2 is 1.20 bits per heavy atom. The van der Waals surface area contributed by atoms with Crippen LogP contribution in [0.2, 0.25) is 0 Å². The Hall–Kier alpha value is 2.21. The van der Waals surface area contributed by atoms with Crippen LogP contribution >= 0.6 is 0 Å². The fourth-order valence-corrected chi connectivity index (χ4v) is 2.97. The van der Waals surface area contributed by atoms with Gasteiger partial charge in [-0.05, 0) is 31.1 Å². The molecule has 0 saturated heterocycles. The average Bonchev–Trinajstić information content (AvgIpc) is 2.60. The number of fused-ring (bicyclic) bond motifs is 2. The molecule has 4 atom stereocenters. The first-order valence-corrected chi connectivity index (χ1v) is 4.53. The molecule has 0 radical (unpaired) electrons. The molecule has 0 heterocycles. The van der Waals surface area contributed by atoms with E-state index in [4.69, 9.17) is 0 Å². The molecule has 0 N–H and O–H groups in total. The zero-order valence-electron chi connectivity index (χ0n) is 9.06. The molecule has 0 aromatic rings. The van der Waals surface area contributed by atoms with Gasteiger partial charge in [0.05, 0.1) is 0 Å². The molecule has 6 heteroatoms. The molecule has 4 nitrogen and oxygen atoms in total. The zero-order valence-corrected chi connectivity index (χ0v) is 15.3. The van der Waals surface area contributed by atoms with E-state index in [2.05, 4.69) is 0 Å². The summed E-state index contributed by atoms with van der Waals surface area (Å²) in [4.78, 5) is 21.4. The summed E-state index contributed by atoms with van der Waals surface area (Å²) >= 11 is 0. The predicted molar refractivity (Wildman–Crippen MR) is 37.8 cm³/mol. The first-order chi connectivity index (χ1) is 6.11. The Morgan fingerprint density at radius 1 is 0.867 bits per heavy atom. The van der Waals surface area contributed by atoms with Crippen molar-refractivity contribution in [1.82, 2.24) is 0 Å². The summed E-state index contributed by atoms with van der Waals surface area (Å²) in [5.74, 6) is -4.02. The summed E-state index contributed by atoms with van der Waals surface area (Å²) in [5.41, 5.74) is 0. The van der Waals surface area contributed by atoms with Gasteiger partial charge in [0, 0.05) is 23.8 Å². The molecule has 2 aliphatic rings. The smallest absolute Gasteiger partial charge is 0.550 e. The molecule has 72 valence electrons. The summed E-state index contributed by atoms with van der Waals surface area (Å²) in [6.45, 7) is 0. The maximum absolute atomic E-state index is 10.7. The summed E-state index contributed by atoms with van der Waals surface area (Å²) < 4.78 is 0. The van der Waals surface area contributed by atoms with Crippen LogP contribution in [-0.2, 0) is 9.59 Å². The Balaban J connectivity index is 0.000000980. The Morgan fingerprint density at radius 3 is 1.47 bits per heavy atom.